The maximum atomic E-state index is 2.36. The van der Waals surface area contributed by atoms with Crippen LogP contribution in [0.4, 0.5) is 0 Å². The zero-order valence-electron chi connectivity index (χ0n) is 14.2. The van der Waals surface area contributed by atoms with E-state index in [1.165, 1.54) is 53.9 Å². The Hall–Kier alpha value is -3.38. The van der Waals surface area contributed by atoms with Crippen LogP contribution in [0.1, 0.15) is 0 Å². The van der Waals surface area contributed by atoms with Crippen LogP contribution in [0.5, 0.6) is 0 Å². The van der Waals surface area contributed by atoms with Crippen molar-refractivity contribution in [3.05, 3.63) is 97.1 Å². The van der Waals surface area contributed by atoms with Gasteiger partial charge in [0.15, 0.2) is 0 Å². The topological polar surface area (TPSA) is 0 Å². The van der Waals surface area contributed by atoms with Crippen LogP contribution in [0.25, 0.3) is 53.9 Å². The van der Waals surface area contributed by atoms with Crippen molar-refractivity contribution in [2.45, 2.75) is 0 Å². The number of fused-ring (bicyclic) bond motifs is 9. The quantitative estimate of drug-likeness (QED) is 0.200. The number of hydrogen-bond donors (Lipinski definition) is 0. The highest BCUT2D eigenvalue weighted by molar-refractivity contribution is 6.32. The van der Waals surface area contributed by atoms with Gasteiger partial charge in [-0.2, -0.15) is 0 Å². The fourth-order valence-corrected chi connectivity index (χ4v) is 4.41. The maximum Gasteiger partial charge on any atom is -0.00204 e. The smallest absolute Gasteiger partial charge is 0.00204 e. The molecule has 0 saturated carbocycles. The fraction of sp³-hybridized carbons (Fsp3) is 0. The van der Waals surface area contributed by atoms with E-state index in [0.717, 1.165) is 0 Å². The van der Waals surface area contributed by atoms with E-state index in [1.54, 1.807) is 0 Å². The Morgan fingerprint density at radius 1 is 0.308 bits per heavy atom. The zero-order chi connectivity index (χ0) is 17.1. The van der Waals surface area contributed by atoms with Crippen LogP contribution in [0, 0.1) is 0 Å². The van der Waals surface area contributed by atoms with Crippen LogP contribution in [-0.4, -0.2) is 0 Å². The molecule has 0 radical (unpaired) electrons. The second kappa shape index (κ2) is 5.06. The van der Waals surface area contributed by atoms with Gasteiger partial charge in [-0.15, -0.1) is 0 Å². The molecule has 0 heteroatoms. The summed E-state index contributed by atoms with van der Waals surface area (Å²) in [5.74, 6) is 0. The minimum absolute atomic E-state index is 1.30. The molecule has 0 fully saturated rings. The molecule has 6 aromatic rings. The first kappa shape index (κ1) is 13.9. The molecule has 0 spiro atoms. The highest BCUT2D eigenvalue weighted by atomic mass is 14.1. The predicted molar refractivity (Wildman–Crippen MR) is 114 cm³/mol. The summed E-state index contributed by atoms with van der Waals surface area (Å²) in [6.45, 7) is 0. The van der Waals surface area contributed by atoms with Gasteiger partial charge in [0, 0.05) is 0 Å². The Morgan fingerprint density at radius 3 is 1.54 bits per heavy atom. The summed E-state index contributed by atoms with van der Waals surface area (Å²) >= 11 is 0. The first-order chi connectivity index (χ1) is 12.9. The summed E-state index contributed by atoms with van der Waals surface area (Å²) in [4.78, 5) is 0. The Balaban J connectivity index is 2.00. The molecule has 0 N–H and O–H groups in total. The van der Waals surface area contributed by atoms with Gasteiger partial charge in [-0.3, -0.25) is 0 Å². The first-order valence-corrected chi connectivity index (χ1v) is 9.05. The minimum atomic E-state index is 1.30. The molecule has 0 aliphatic rings. The largest absolute Gasteiger partial charge is 0.0616 e. The molecule has 0 aliphatic heterocycles. The summed E-state index contributed by atoms with van der Waals surface area (Å²) in [6.07, 6.45) is 0. The van der Waals surface area contributed by atoms with Crippen molar-refractivity contribution in [2.24, 2.45) is 0 Å². The lowest BCUT2D eigenvalue weighted by molar-refractivity contribution is 1.78. The average molecular weight is 328 g/mol. The molecule has 0 bridgehead atoms. The summed E-state index contributed by atoms with van der Waals surface area (Å²) in [5.41, 5.74) is 0. The third-order valence-electron chi connectivity index (χ3n) is 5.59. The van der Waals surface area contributed by atoms with E-state index in [1.807, 2.05) is 0 Å². The molecule has 0 saturated heterocycles. The molecule has 6 aromatic carbocycles. The van der Waals surface area contributed by atoms with Crippen LogP contribution in [0.15, 0.2) is 97.1 Å². The zero-order valence-corrected chi connectivity index (χ0v) is 14.2. The predicted octanol–water partition coefficient (Wildman–Crippen LogP) is 7.45. The molecule has 0 nitrogen and oxygen atoms in total. The monoisotopic (exact) mass is 328 g/mol. The highest BCUT2D eigenvalue weighted by Crippen LogP contribution is 2.40. The van der Waals surface area contributed by atoms with Gasteiger partial charge in [0.05, 0.1) is 0 Å². The van der Waals surface area contributed by atoms with Gasteiger partial charge in [0.25, 0.3) is 0 Å². The minimum Gasteiger partial charge on any atom is -0.0616 e. The van der Waals surface area contributed by atoms with Crippen molar-refractivity contribution >= 4 is 53.9 Å². The van der Waals surface area contributed by atoms with E-state index >= 15 is 0 Å². The lowest BCUT2D eigenvalue weighted by Gasteiger charge is -2.13. The molecule has 0 amide bonds. The molecule has 0 heterocycles. The molecule has 0 atom stereocenters. The molecule has 0 aromatic heterocycles. The maximum absolute atomic E-state index is 2.36. The van der Waals surface area contributed by atoms with E-state index in [9.17, 15) is 0 Å². The SMILES string of the molecule is c1ccc2cc3c(cc2c1)c1ccccc1c1c2ccccc2ccc31. The lowest BCUT2D eigenvalue weighted by Crippen LogP contribution is -1.86. The van der Waals surface area contributed by atoms with Crippen molar-refractivity contribution in [2.75, 3.05) is 0 Å². The van der Waals surface area contributed by atoms with E-state index in [4.69, 9.17) is 0 Å². The molecule has 120 valence electrons. The molecule has 26 heavy (non-hydrogen) atoms. The Morgan fingerprint density at radius 2 is 0.808 bits per heavy atom. The van der Waals surface area contributed by atoms with Gasteiger partial charge < -0.3 is 0 Å². The van der Waals surface area contributed by atoms with E-state index in [0.29, 0.717) is 0 Å². The number of hydrogen-bond acceptors (Lipinski definition) is 0. The van der Waals surface area contributed by atoms with Gasteiger partial charge in [0.2, 0.25) is 0 Å². The fourth-order valence-electron chi connectivity index (χ4n) is 4.41. The van der Waals surface area contributed by atoms with Gasteiger partial charge in [0.1, 0.15) is 0 Å². The Kier molecular flexibility index (Phi) is 2.70. The normalized spacial score (nSPS) is 11.8. The lowest BCUT2D eigenvalue weighted by atomic mass is 9.90. The van der Waals surface area contributed by atoms with Crippen molar-refractivity contribution in [1.82, 2.24) is 0 Å². The third kappa shape index (κ3) is 1.79. The molecule has 0 unspecified atom stereocenters. The molecule has 0 aliphatic carbocycles. The van der Waals surface area contributed by atoms with Gasteiger partial charge in [-0.25, -0.2) is 0 Å². The van der Waals surface area contributed by atoms with E-state index in [2.05, 4.69) is 97.1 Å². The summed E-state index contributed by atoms with van der Waals surface area (Å²) < 4.78 is 0. The molecule has 6 rings (SSSR count). The molecular formula is C26H16. The first-order valence-electron chi connectivity index (χ1n) is 9.05. The highest BCUT2D eigenvalue weighted by Gasteiger charge is 2.11. The van der Waals surface area contributed by atoms with Crippen molar-refractivity contribution in [3.63, 3.8) is 0 Å². The van der Waals surface area contributed by atoms with Crippen LogP contribution >= 0.6 is 0 Å². The average Bonchev–Trinajstić information content (AvgIpc) is 2.72. The molecular weight excluding hydrogens is 312 g/mol. The summed E-state index contributed by atoms with van der Waals surface area (Å²) in [5, 5.41) is 13.3. The van der Waals surface area contributed by atoms with Crippen molar-refractivity contribution in [3.8, 4) is 0 Å². The van der Waals surface area contributed by atoms with Gasteiger partial charge in [-0.1, -0.05) is 84.9 Å². The third-order valence-corrected chi connectivity index (χ3v) is 5.59. The standard InChI is InChI=1S/C26H16/c1-2-9-19-16-25-23-14-13-17-7-3-4-10-20(17)26(23)22-12-6-5-11-21(22)24(25)15-18(19)8-1/h1-16H. The number of benzene rings is 6. The van der Waals surface area contributed by atoms with Crippen molar-refractivity contribution in [1.29, 1.82) is 0 Å². The van der Waals surface area contributed by atoms with Gasteiger partial charge in [-0.05, 0) is 66.0 Å². The van der Waals surface area contributed by atoms with Crippen LogP contribution < -0.4 is 0 Å². The van der Waals surface area contributed by atoms with Gasteiger partial charge >= 0.3 is 0 Å². The van der Waals surface area contributed by atoms with E-state index in [-0.39, 0.29) is 0 Å². The van der Waals surface area contributed by atoms with E-state index < -0.39 is 0 Å². The Bertz CT molecular complexity index is 1460. The van der Waals surface area contributed by atoms with Crippen molar-refractivity contribution < 1.29 is 0 Å². The second-order valence-corrected chi connectivity index (χ2v) is 7.00. The number of rotatable bonds is 0. The van der Waals surface area contributed by atoms with Crippen LogP contribution in [0.2, 0.25) is 0 Å². The van der Waals surface area contributed by atoms with Crippen LogP contribution in [-0.2, 0) is 0 Å². The Labute approximate surface area is 151 Å². The van der Waals surface area contributed by atoms with Crippen LogP contribution in [0.3, 0.4) is 0 Å². The second-order valence-electron chi connectivity index (χ2n) is 7.00. The summed E-state index contributed by atoms with van der Waals surface area (Å²) in [7, 11) is 0. The summed E-state index contributed by atoms with van der Waals surface area (Å²) in [6, 6.07) is 35.4.